The van der Waals surface area contributed by atoms with Gasteiger partial charge in [0.05, 0.1) is 6.04 Å². The Morgan fingerprint density at radius 3 is 3.00 bits per heavy atom. The van der Waals surface area contributed by atoms with Crippen LogP contribution in [0, 0.1) is 5.41 Å². The summed E-state index contributed by atoms with van der Waals surface area (Å²) in [6.07, 6.45) is 0.958. The molecule has 1 heterocycles. The smallest absolute Gasteiger partial charge is 0.279 e. The highest BCUT2D eigenvalue weighted by Crippen LogP contribution is 2.30. The van der Waals surface area contributed by atoms with Gasteiger partial charge >= 0.3 is 0 Å². The van der Waals surface area contributed by atoms with Crippen LogP contribution in [-0.2, 0) is 11.2 Å². The van der Waals surface area contributed by atoms with Gasteiger partial charge < -0.3 is 15.4 Å². The van der Waals surface area contributed by atoms with Crippen LogP contribution in [0.5, 0.6) is 0 Å². The standard InChI is InChI=1S/C11H15N3O/c1-14-9(7-15-11(12)13)6-8-4-2-3-5-10(8)14/h2-5,9H,6-7H2,1H3,(H3,12,13)/t9-/m0/s1. The summed E-state index contributed by atoms with van der Waals surface area (Å²) < 4.78 is 5.05. The highest BCUT2D eigenvalue weighted by Gasteiger charge is 2.26. The highest BCUT2D eigenvalue weighted by molar-refractivity contribution is 5.67. The molecule has 0 spiro atoms. The van der Waals surface area contributed by atoms with Crippen molar-refractivity contribution in [3.05, 3.63) is 29.8 Å². The first-order chi connectivity index (χ1) is 7.18. The van der Waals surface area contributed by atoms with Crippen molar-refractivity contribution in [1.29, 1.82) is 5.41 Å². The molecule has 0 aliphatic carbocycles. The molecule has 3 N–H and O–H groups in total. The van der Waals surface area contributed by atoms with Crippen LogP contribution in [0.3, 0.4) is 0 Å². The number of rotatable bonds is 2. The lowest BCUT2D eigenvalue weighted by Gasteiger charge is -2.22. The first kappa shape index (κ1) is 9.83. The van der Waals surface area contributed by atoms with E-state index in [4.69, 9.17) is 15.9 Å². The van der Waals surface area contributed by atoms with Gasteiger partial charge in [0.2, 0.25) is 0 Å². The third-order valence-corrected chi connectivity index (χ3v) is 2.81. The quantitative estimate of drug-likeness (QED) is 0.558. The SMILES string of the molecule is CN1c2ccccc2C[C@H]1COC(=N)N. The lowest BCUT2D eigenvalue weighted by Crippen LogP contribution is -2.34. The van der Waals surface area contributed by atoms with E-state index >= 15 is 0 Å². The van der Waals surface area contributed by atoms with Crippen molar-refractivity contribution in [2.24, 2.45) is 5.73 Å². The van der Waals surface area contributed by atoms with E-state index in [-0.39, 0.29) is 12.1 Å². The van der Waals surface area contributed by atoms with Crippen LogP contribution in [0.25, 0.3) is 0 Å². The molecule has 0 aromatic heterocycles. The Balaban J connectivity index is 2.06. The van der Waals surface area contributed by atoms with Crippen molar-refractivity contribution in [3.8, 4) is 0 Å². The van der Waals surface area contributed by atoms with Crippen LogP contribution >= 0.6 is 0 Å². The van der Waals surface area contributed by atoms with Crippen LogP contribution in [0.1, 0.15) is 5.56 Å². The third-order valence-electron chi connectivity index (χ3n) is 2.81. The number of amidine groups is 1. The van der Waals surface area contributed by atoms with Crippen LogP contribution in [0.4, 0.5) is 5.69 Å². The van der Waals surface area contributed by atoms with Gasteiger partial charge in [-0.3, -0.25) is 5.41 Å². The molecule has 4 heteroatoms. The van der Waals surface area contributed by atoms with Gasteiger partial charge in [-0.2, -0.15) is 0 Å². The van der Waals surface area contributed by atoms with E-state index in [0.717, 1.165) is 6.42 Å². The van der Waals surface area contributed by atoms with E-state index in [2.05, 4.69) is 17.0 Å². The Labute approximate surface area is 89.1 Å². The van der Waals surface area contributed by atoms with Crippen molar-refractivity contribution in [3.63, 3.8) is 0 Å². The second kappa shape index (κ2) is 3.81. The molecule has 0 saturated carbocycles. The van der Waals surface area contributed by atoms with E-state index < -0.39 is 0 Å². The predicted octanol–water partition coefficient (Wildman–Crippen LogP) is 0.958. The number of ether oxygens (including phenoxy) is 1. The number of hydrogen-bond acceptors (Lipinski definition) is 3. The normalized spacial score (nSPS) is 18.7. The lowest BCUT2D eigenvalue weighted by molar-refractivity contribution is 0.269. The van der Waals surface area contributed by atoms with Gasteiger partial charge in [-0.05, 0) is 18.1 Å². The van der Waals surface area contributed by atoms with E-state index in [9.17, 15) is 0 Å². The first-order valence-corrected chi connectivity index (χ1v) is 4.96. The molecule has 1 atom stereocenters. The van der Waals surface area contributed by atoms with Gasteiger partial charge in [-0.1, -0.05) is 18.2 Å². The minimum atomic E-state index is -0.209. The van der Waals surface area contributed by atoms with E-state index in [1.54, 1.807) is 0 Å². The van der Waals surface area contributed by atoms with Crippen LogP contribution < -0.4 is 10.6 Å². The van der Waals surface area contributed by atoms with Gasteiger partial charge in [0.15, 0.2) is 0 Å². The summed E-state index contributed by atoms with van der Waals surface area (Å²) in [5, 5.41) is 7.02. The number of likely N-dealkylation sites (N-methyl/N-ethyl adjacent to an activating group) is 1. The zero-order valence-electron chi connectivity index (χ0n) is 8.73. The van der Waals surface area contributed by atoms with Crippen LogP contribution in [0.2, 0.25) is 0 Å². The number of nitrogens with two attached hydrogens (primary N) is 1. The molecule has 4 nitrogen and oxygen atoms in total. The summed E-state index contributed by atoms with van der Waals surface area (Å²) >= 11 is 0. The monoisotopic (exact) mass is 205 g/mol. The van der Waals surface area contributed by atoms with Crippen LogP contribution in [-0.4, -0.2) is 25.7 Å². The van der Waals surface area contributed by atoms with Gasteiger partial charge in [0.25, 0.3) is 6.02 Å². The molecular weight excluding hydrogens is 190 g/mol. The molecule has 80 valence electrons. The average molecular weight is 205 g/mol. The van der Waals surface area contributed by atoms with Gasteiger partial charge in [0.1, 0.15) is 6.61 Å². The maximum Gasteiger partial charge on any atom is 0.279 e. The summed E-state index contributed by atoms with van der Waals surface area (Å²) in [4.78, 5) is 2.18. The summed E-state index contributed by atoms with van der Waals surface area (Å²) in [5.74, 6) is 0. The number of nitrogens with one attached hydrogen (secondary N) is 1. The fraction of sp³-hybridized carbons (Fsp3) is 0.364. The molecule has 0 unspecified atom stereocenters. The summed E-state index contributed by atoms with van der Waals surface area (Å²) in [6.45, 7) is 0.473. The number of hydrogen-bond donors (Lipinski definition) is 2. The second-order valence-electron chi connectivity index (χ2n) is 3.77. The Kier molecular flexibility index (Phi) is 2.49. The van der Waals surface area contributed by atoms with Crippen molar-refractivity contribution in [1.82, 2.24) is 0 Å². The number of anilines is 1. The molecule has 0 saturated heterocycles. The Morgan fingerprint density at radius 1 is 1.60 bits per heavy atom. The lowest BCUT2D eigenvalue weighted by atomic mass is 10.1. The first-order valence-electron chi connectivity index (χ1n) is 4.96. The van der Waals surface area contributed by atoms with Crippen molar-refractivity contribution in [2.75, 3.05) is 18.6 Å². The summed E-state index contributed by atoms with van der Waals surface area (Å²) in [6, 6.07) is 8.37. The largest absolute Gasteiger partial charge is 0.463 e. The maximum absolute atomic E-state index is 7.02. The summed E-state index contributed by atoms with van der Waals surface area (Å²) in [5.41, 5.74) is 7.74. The Morgan fingerprint density at radius 2 is 2.33 bits per heavy atom. The zero-order valence-corrected chi connectivity index (χ0v) is 8.73. The Hall–Kier alpha value is -1.71. The molecule has 1 aliphatic rings. The zero-order chi connectivity index (χ0) is 10.8. The molecule has 15 heavy (non-hydrogen) atoms. The van der Waals surface area contributed by atoms with Crippen molar-refractivity contribution < 1.29 is 4.74 Å². The van der Waals surface area contributed by atoms with Gasteiger partial charge in [-0.15, -0.1) is 0 Å². The molecular formula is C11H15N3O. The van der Waals surface area contributed by atoms with Crippen molar-refractivity contribution in [2.45, 2.75) is 12.5 Å². The Bertz CT molecular complexity index is 378. The van der Waals surface area contributed by atoms with E-state index in [0.29, 0.717) is 6.61 Å². The van der Waals surface area contributed by atoms with Crippen molar-refractivity contribution >= 4 is 11.7 Å². The fourth-order valence-electron chi connectivity index (χ4n) is 1.97. The molecule has 0 radical (unpaired) electrons. The highest BCUT2D eigenvalue weighted by atomic mass is 16.5. The minimum Gasteiger partial charge on any atom is -0.463 e. The molecule has 1 aromatic rings. The molecule has 0 amide bonds. The molecule has 0 bridgehead atoms. The van der Waals surface area contributed by atoms with Gasteiger partial charge in [-0.25, -0.2) is 0 Å². The maximum atomic E-state index is 7.02. The number of benzene rings is 1. The molecule has 0 fully saturated rings. The minimum absolute atomic E-state index is 0.209. The third kappa shape index (κ3) is 1.88. The number of nitrogens with zero attached hydrogens (tertiary/aromatic N) is 1. The van der Waals surface area contributed by atoms with E-state index in [1.165, 1.54) is 11.3 Å². The predicted molar refractivity (Wildman–Crippen MR) is 60.2 cm³/mol. The van der Waals surface area contributed by atoms with Gasteiger partial charge in [0, 0.05) is 12.7 Å². The van der Waals surface area contributed by atoms with Crippen LogP contribution in [0.15, 0.2) is 24.3 Å². The summed E-state index contributed by atoms with van der Waals surface area (Å²) in [7, 11) is 2.04. The second-order valence-corrected chi connectivity index (χ2v) is 3.77. The number of para-hydroxylation sites is 1. The molecule has 1 aromatic carbocycles. The topological polar surface area (TPSA) is 62.3 Å². The fourth-order valence-corrected chi connectivity index (χ4v) is 1.97. The molecule has 1 aliphatic heterocycles. The van der Waals surface area contributed by atoms with E-state index in [1.807, 2.05) is 19.2 Å². The average Bonchev–Trinajstić information content (AvgIpc) is 2.54. The number of fused-ring (bicyclic) bond motifs is 1. The molecule has 2 rings (SSSR count).